The van der Waals surface area contributed by atoms with E-state index in [0.717, 1.165) is 18.5 Å². The van der Waals surface area contributed by atoms with Crippen molar-refractivity contribution in [3.05, 3.63) is 30.4 Å². The molecule has 2 saturated heterocycles. The molecule has 2 aliphatic heterocycles. The fourth-order valence-corrected chi connectivity index (χ4v) is 4.79. The van der Waals surface area contributed by atoms with Crippen molar-refractivity contribution in [1.29, 1.82) is 0 Å². The molecule has 4 heterocycles. The standard InChI is InChI=1S/C22H31N5O2/c1-26(16-18-8-6-14-27-13-3-2-9-19(18)27)21(28)11-4-10-20-24-22(25-29-20)17-7-5-12-23-15-17/h5,7,12,15,18-19H,2-4,6,8-11,13-14,16H2,1H3/t18-,19+/m0/s1. The average Bonchev–Trinajstić information content (AvgIpc) is 3.23. The van der Waals surface area contributed by atoms with Gasteiger partial charge in [-0.15, -0.1) is 0 Å². The van der Waals surface area contributed by atoms with E-state index in [0.29, 0.717) is 36.5 Å². The second kappa shape index (κ2) is 9.48. The number of fused-ring (bicyclic) bond motifs is 1. The molecule has 2 atom stereocenters. The van der Waals surface area contributed by atoms with Crippen LogP contribution in [0.2, 0.25) is 0 Å². The minimum atomic E-state index is 0.213. The van der Waals surface area contributed by atoms with Crippen LogP contribution >= 0.6 is 0 Å². The van der Waals surface area contributed by atoms with Crippen LogP contribution < -0.4 is 0 Å². The minimum Gasteiger partial charge on any atom is -0.345 e. The summed E-state index contributed by atoms with van der Waals surface area (Å²) in [7, 11) is 1.96. The molecule has 29 heavy (non-hydrogen) atoms. The highest BCUT2D eigenvalue weighted by atomic mass is 16.5. The van der Waals surface area contributed by atoms with Crippen LogP contribution in [-0.2, 0) is 11.2 Å². The number of pyridine rings is 1. The Labute approximate surface area is 172 Å². The van der Waals surface area contributed by atoms with Crippen LogP contribution in [0.5, 0.6) is 0 Å². The topological polar surface area (TPSA) is 75.4 Å². The van der Waals surface area contributed by atoms with Gasteiger partial charge in [-0.25, -0.2) is 0 Å². The third-order valence-electron chi connectivity index (χ3n) is 6.33. The third kappa shape index (κ3) is 5.01. The zero-order chi connectivity index (χ0) is 20.1. The molecule has 0 saturated carbocycles. The maximum atomic E-state index is 12.6. The summed E-state index contributed by atoms with van der Waals surface area (Å²) in [5, 5.41) is 4.01. The zero-order valence-corrected chi connectivity index (χ0v) is 17.3. The van der Waals surface area contributed by atoms with E-state index in [4.69, 9.17) is 4.52 Å². The zero-order valence-electron chi connectivity index (χ0n) is 17.3. The van der Waals surface area contributed by atoms with E-state index in [2.05, 4.69) is 20.0 Å². The Bertz CT molecular complexity index is 792. The van der Waals surface area contributed by atoms with Crippen molar-refractivity contribution in [3.8, 4) is 11.4 Å². The van der Waals surface area contributed by atoms with E-state index in [1.54, 1.807) is 12.4 Å². The van der Waals surface area contributed by atoms with E-state index in [-0.39, 0.29) is 5.91 Å². The molecule has 2 aliphatic rings. The first-order valence-electron chi connectivity index (χ1n) is 10.9. The molecule has 4 rings (SSSR count). The molecule has 0 aliphatic carbocycles. The lowest BCUT2D eigenvalue weighted by atomic mass is 9.83. The number of carbonyl (C=O) groups excluding carboxylic acids is 1. The molecular formula is C22H31N5O2. The number of aryl methyl sites for hydroxylation is 1. The second-order valence-electron chi connectivity index (χ2n) is 8.38. The Morgan fingerprint density at radius 3 is 3.03 bits per heavy atom. The van der Waals surface area contributed by atoms with E-state index < -0.39 is 0 Å². The van der Waals surface area contributed by atoms with Gasteiger partial charge >= 0.3 is 0 Å². The van der Waals surface area contributed by atoms with E-state index in [9.17, 15) is 4.79 Å². The Balaban J connectivity index is 1.23. The predicted octanol–water partition coefficient (Wildman–Crippen LogP) is 3.18. The normalized spacial score (nSPS) is 22.2. The fraction of sp³-hybridized carbons (Fsp3) is 0.636. The number of amides is 1. The van der Waals surface area contributed by atoms with Crippen LogP contribution in [0.3, 0.4) is 0 Å². The van der Waals surface area contributed by atoms with Gasteiger partial charge in [0.1, 0.15) is 0 Å². The number of aromatic nitrogens is 3. The summed E-state index contributed by atoms with van der Waals surface area (Å²) >= 11 is 0. The van der Waals surface area contributed by atoms with Crippen LogP contribution in [0, 0.1) is 5.92 Å². The van der Waals surface area contributed by atoms with Crippen molar-refractivity contribution in [2.75, 3.05) is 26.7 Å². The average molecular weight is 398 g/mol. The first kappa shape index (κ1) is 20.0. The van der Waals surface area contributed by atoms with Crippen molar-refractivity contribution >= 4 is 5.91 Å². The largest absolute Gasteiger partial charge is 0.345 e. The lowest BCUT2D eigenvalue weighted by Crippen LogP contribution is -2.51. The SMILES string of the molecule is CN(C[C@@H]1CCCN2CCCC[C@H]12)C(=O)CCCc1nc(-c2cccnc2)no1. The number of carbonyl (C=O) groups is 1. The van der Waals surface area contributed by atoms with Gasteiger partial charge in [0.25, 0.3) is 0 Å². The van der Waals surface area contributed by atoms with Gasteiger partial charge in [-0.2, -0.15) is 4.98 Å². The molecule has 0 bridgehead atoms. The summed E-state index contributed by atoms with van der Waals surface area (Å²) < 4.78 is 5.32. The van der Waals surface area contributed by atoms with Gasteiger partial charge in [0.15, 0.2) is 0 Å². The molecule has 7 heteroatoms. The van der Waals surface area contributed by atoms with Crippen LogP contribution in [0.15, 0.2) is 29.0 Å². The van der Waals surface area contributed by atoms with Gasteiger partial charge in [-0.3, -0.25) is 9.78 Å². The van der Waals surface area contributed by atoms with E-state index in [1.807, 2.05) is 24.1 Å². The second-order valence-corrected chi connectivity index (χ2v) is 8.38. The Kier molecular flexibility index (Phi) is 6.54. The summed E-state index contributed by atoms with van der Waals surface area (Å²) in [4.78, 5) is 25.7. The summed E-state index contributed by atoms with van der Waals surface area (Å²) in [5.74, 6) is 1.95. The number of nitrogens with zero attached hydrogens (tertiary/aromatic N) is 5. The van der Waals surface area contributed by atoms with Crippen molar-refractivity contribution in [1.82, 2.24) is 24.9 Å². The maximum Gasteiger partial charge on any atom is 0.226 e. The summed E-state index contributed by atoms with van der Waals surface area (Å²) in [6.45, 7) is 3.36. The molecule has 2 aromatic heterocycles. The van der Waals surface area contributed by atoms with Crippen LogP contribution in [0.25, 0.3) is 11.4 Å². The molecule has 0 aromatic carbocycles. The Hall–Kier alpha value is -2.28. The smallest absolute Gasteiger partial charge is 0.226 e. The molecule has 0 radical (unpaired) electrons. The van der Waals surface area contributed by atoms with Crippen molar-refractivity contribution < 1.29 is 9.32 Å². The first-order valence-corrected chi connectivity index (χ1v) is 10.9. The van der Waals surface area contributed by atoms with Gasteiger partial charge in [0.05, 0.1) is 0 Å². The highest BCUT2D eigenvalue weighted by Gasteiger charge is 2.33. The van der Waals surface area contributed by atoms with Gasteiger partial charge in [0, 0.05) is 50.4 Å². The van der Waals surface area contributed by atoms with E-state index in [1.165, 1.54) is 45.2 Å². The van der Waals surface area contributed by atoms with Crippen molar-refractivity contribution in [2.24, 2.45) is 5.92 Å². The highest BCUT2D eigenvalue weighted by Crippen LogP contribution is 2.31. The predicted molar refractivity (Wildman–Crippen MR) is 110 cm³/mol. The van der Waals surface area contributed by atoms with E-state index >= 15 is 0 Å². The molecule has 2 aromatic rings. The minimum absolute atomic E-state index is 0.213. The van der Waals surface area contributed by atoms with Gasteiger partial charge in [0.2, 0.25) is 17.6 Å². The van der Waals surface area contributed by atoms with Gasteiger partial charge in [-0.1, -0.05) is 11.6 Å². The van der Waals surface area contributed by atoms with Crippen LogP contribution in [0.1, 0.15) is 50.8 Å². The van der Waals surface area contributed by atoms with Crippen LogP contribution in [-0.4, -0.2) is 63.6 Å². The lowest BCUT2D eigenvalue weighted by Gasteiger charge is -2.45. The molecule has 156 valence electrons. The molecule has 2 fully saturated rings. The van der Waals surface area contributed by atoms with Crippen molar-refractivity contribution in [2.45, 2.75) is 57.4 Å². The molecular weight excluding hydrogens is 366 g/mol. The first-order chi connectivity index (χ1) is 14.2. The lowest BCUT2D eigenvalue weighted by molar-refractivity contribution is -0.131. The monoisotopic (exact) mass is 397 g/mol. The quantitative estimate of drug-likeness (QED) is 0.714. The Morgan fingerprint density at radius 2 is 2.17 bits per heavy atom. The molecule has 0 N–H and O–H groups in total. The highest BCUT2D eigenvalue weighted by molar-refractivity contribution is 5.75. The molecule has 1 amide bonds. The third-order valence-corrected chi connectivity index (χ3v) is 6.33. The molecule has 7 nitrogen and oxygen atoms in total. The molecule has 0 spiro atoms. The summed E-state index contributed by atoms with van der Waals surface area (Å²) in [6, 6.07) is 4.43. The summed E-state index contributed by atoms with van der Waals surface area (Å²) in [5.41, 5.74) is 0.836. The maximum absolute atomic E-state index is 12.6. The number of hydrogen-bond donors (Lipinski definition) is 0. The van der Waals surface area contributed by atoms with Crippen LogP contribution in [0.4, 0.5) is 0 Å². The van der Waals surface area contributed by atoms with Gasteiger partial charge in [-0.05, 0) is 63.2 Å². The Morgan fingerprint density at radius 1 is 1.28 bits per heavy atom. The number of piperidine rings is 2. The number of rotatable bonds is 7. The number of hydrogen-bond acceptors (Lipinski definition) is 6. The fourth-order valence-electron chi connectivity index (χ4n) is 4.79. The summed E-state index contributed by atoms with van der Waals surface area (Å²) in [6.07, 6.45) is 11.8. The molecule has 0 unspecified atom stereocenters. The van der Waals surface area contributed by atoms with Gasteiger partial charge < -0.3 is 14.3 Å². The van der Waals surface area contributed by atoms with Crippen molar-refractivity contribution in [3.63, 3.8) is 0 Å².